The molecule has 1 amide bonds. The number of rotatable bonds is 7. The van der Waals surface area contributed by atoms with Crippen molar-refractivity contribution in [1.82, 2.24) is 4.90 Å². The van der Waals surface area contributed by atoms with Crippen molar-refractivity contribution in [1.29, 1.82) is 0 Å². The van der Waals surface area contributed by atoms with Gasteiger partial charge in [-0.15, -0.1) is 0 Å². The lowest BCUT2D eigenvalue weighted by atomic mass is 10.2. The van der Waals surface area contributed by atoms with Crippen molar-refractivity contribution < 1.29 is 23.8 Å². The Bertz CT molecular complexity index is 586. The maximum absolute atomic E-state index is 12.4. The molecule has 6 nitrogen and oxygen atoms in total. The van der Waals surface area contributed by atoms with Crippen LogP contribution in [0.1, 0.15) is 30.1 Å². The van der Waals surface area contributed by atoms with Crippen molar-refractivity contribution in [3.8, 4) is 5.75 Å². The summed E-state index contributed by atoms with van der Waals surface area (Å²) in [7, 11) is 1.56. The molecule has 1 fully saturated rings. The molecule has 1 unspecified atom stereocenters. The van der Waals surface area contributed by atoms with Crippen molar-refractivity contribution in [2.45, 2.75) is 25.9 Å². The smallest absolute Gasteiger partial charge is 0.325 e. The number of hydrogen-bond acceptors (Lipinski definition) is 5. The molecule has 0 bridgehead atoms. The topological polar surface area (TPSA) is 65.1 Å². The molecule has 1 atom stereocenters. The van der Waals surface area contributed by atoms with E-state index in [1.807, 2.05) is 0 Å². The summed E-state index contributed by atoms with van der Waals surface area (Å²) < 4.78 is 16.8. The summed E-state index contributed by atoms with van der Waals surface area (Å²) in [4.78, 5) is 25.1. The molecule has 1 saturated heterocycles. The second-order valence-corrected chi connectivity index (χ2v) is 6.41. The number of amides is 1. The van der Waals surface area contributed by atoms with Gasteiger partial charge in [0.05, 0.1) is 17.2 Å². The van der Waals surface area contributed by atoms with Crippen LogP contribution < -0.4 is 4.74 Å². The SMILES string of the molecule is CCOC(=O)CN(C)C(=O)c1ccc(OCC2CCCO2)c(Br)c1. The molecule has 0 aliphatic carbocycles. The van der Waals surface area contributed by atoms with Crippen LogP contribution in [0.15, 0.2) is 22.7 Å². The molecular formula is C17H22BrNO5. The number of likely N-dealkylation sites (N-methyl/N-ethyl adjacent to an activating group) is 1. The maximum Gasteiger partial charge on any atom is 0.325 e. The van der Waals surface area contributed by atoms with Crippen molar-refractivity contribution in [3.63, 3.8) is 0 Å². The van der Waals surface area contributed by atoms with Gasteiger partial charge in [-0.05, 0) is 53.9 Å². The zero-order valence-corrected chi connectivity index (χ0v) is 15.5. The van der Waals surface area contributed by atoms with Gasteiger partial charge in [0.1, 0.15) is 18.9 Å². The van der Waals surface area contributed by atoms with Gasteiger partial charge in [0, 0.05) is 19.2 Å². The average Bonchev–Trinajstić information content (AvgIpc) is 3.06. The Morgan fingerprint density at radius 3 is 2.83 bits per heavy atom. The molecule has 1 aromatic rings. The lowest BCUT2D eigenvalue weighted by molar-refractivity contribution is -0.143. The average molecular weight is 400 g/mol. The normalized spacial score (nSPS) is 16.7. The number of benzene rings is 1. The molecule has 24 heavy (non-hydrogen) atoms. The Morgan fingerprint density at radius 2 is 2.21 bits per heavy atom. The predicted molar refractivity (Wildman–Crippen MR) is 92.2 cm³/mol. The van der Waals surface area contributed by atoms with Crippen LogP contribution in [0.4, 0.5) is 0 Å². The summed E-state index contributed by atoms with van der Waals surface area (Å²) in [5.74, 6) is -0.0199. The third kappa shape index (κ3) is 5.21. The quantitative estimate of drug-likeness (QED) is 0.659. The van der Waals surface area contributed by atoms with Crippen LogP contribution in [0.25, 0.3) is 0 Å². The minimum Gasteiger partial charge on any atom is -0.490 e. The van der Waals surface area contributed by atoms with Gasteiger partial charge in [0.2, 0.25) is 0 Å². The van der Waals surface area contributed by atoms with Crippen LogP contribution in [0, 0.1) is 0 Å². The molecule has 1 aliphatic rings. The van der Waals surface area contributed by atoms with Crippen molar-refractivity contribution in [2.24, 2.45) is 0 Å². The summed E-state index contributed by atoms with van der Waals surface area (Å²) in [5.41, 5.74) is 0.470. The van der Waals surface area contributed by atoms with Gasteiger partial charge in [-0.1, -0.05) is 0 Å². The molecule has 2 rings (SSSR count). The van der Waals surface area contributed by atoms with Gasteiger partial charge < -0.3 is 19.1 Å². The van der Waals surface area contributed by atoms with Crippen LogP contribution in [-0.4, -0.2) is 56.3 Å². The largest absolute Gasteiger partial charge is 0.490 e. The van der Waals surface area contributed by atoms with E-state index in [0.29, 0.717) is 29.0 Å². The van der Waals surface area contributed by atoms with E-state index < -0.39 is 5.97 Å². The minimum absolute atomic E-state index is 0.0818. The van der Waals surface area contributed by atoms with Crippen molar-refractivity contribution >= 4 is 27.8 Å². The Balaban J connectivity index is 1.94. The Labute approximate surface area is 150 Å². The number of carbonyl (C=O) groups excluding carboxylic acids is 2. The van der Waals surface area contributed by atoms with Crippen LogP contribution in [0.3, 0.4) is 0 Å². The minimum atomic E-state index is -0.427. The summed E-state index contributed by atoms with van der Waals surface area (Å²) in [6.07, 6.45) is 2.20. The summed E-state index contributed by atoms with van der Waals surface area (Å²) in [6, 6.07) is 5.11. The van der Waals surface area contributed by atoms with E-state index in [1.54, 1.807) is 32.2 Å². The van der Waals surface area contributed by atoms with Gasteiger partial charge in [-0.2, -0.15) is 0 Å². The highest BCUT2D eigenvalue weighted by Gasteiger charge is 2.19. The first-order valence-corrected chi connectivity index (χ1v) is 8.75. The number of ether oxygens (including phenoxy) is 3. The molecule has 1 heterocycles. The van der Waals surface area contributed by atoms with Crippen LogP contribution >= 0.6 is 15.9 Å². The number of hydrogen-bond donors (Lipinski definition) is 0. The second kappa shape index (κ2) is 9.03. The fourth-order valence-corrected chi connectivity index (χ4v) is 2.90. The lowest BCUT2D eigenvalue weighted by Crippen LogP contribution is -2.33. The summed E-state index contributed by atoms with van der Waals surface area (Å²) in [5, 5.41) is 0. The molecule has 1 aliphatic heterocycles. The van der Waals surface area contributed by atoms with E-state index in [-0.39, 0.29) is 18.6 Å². The van der Waals surface area contributed by atoms with Crippen LogP contribution in [0.5, 0.6) is 5.75 Å². The van der Waals surface area contributed by atoms with Crippen molar-refractivity contribution in [3.05, 3.63) is 28.2 Å². The Kier molecular flexibility index (Phi) is 7.05. The summed E-state index contributed by atoms with van der Waals surface area (Å²) >= 11 is 3.42. The molecule has 132 valence electrons. The van der Waals surface area contributed by atoms with E-state index in [1.165, 1.54) is 4.90 Å². The highest BCUT2D eigenvalue weighted by Crippen LogP contribution is 2.27. The fraction of sp³-hybridized carbons (Fsp3) is 0.529. The zero-order chi connectivity index (χ0) is 17.5. The zero-order valence-electron chi connectivity index (χ0n) is 13.9. The van der Waals surface area contributed by atoms with E-state index >= 15 is 0 Å². The predicted octanol–water partition coefficient (Wildman–Crippen LogP) is 2.64. The lowest BCUT2D eigenvalue weighted by Gasteiger charge is -2.17. The number of esters is 1. The Hall–Kier alpha value is -1.60. The standard InChI is InChI=1S/C17H22BrNO5/c1-3-22-16(20)10-19(2)17(21)12-6-7-15(14(18)9-12)24-11-13-5-4-8-23-13/h6-7,9,13H,3-5,8,10-11H2,1-2H3. The van der Waals surface area contributed by atoms with Crippen LogP contribution in [-0.2, 0) is 14.3 Å². The fourth-order valence-electron chi connectivity index (χ4n) is 2.40. The Morgan fingerprint density at radius 1 is 1.42 bits per heavy atom. The highest BCUT2D eigenvalue weighted by atomic mass is 79.9. The van der Waals surface area contributed by atoms with Gasteiger partial charge in [0.15, 0.2) is 0 Å². The molecule has 0 spiro atoms. The molecule has 1 aromatic carbocycles. The van der Waals surface area contributed by atoms with Gasteiger partial charge in [0.25, 0.3) is 5.91 Å². The first-order chi connectivity index (χ1) is 11.5. The molecule has 0 radical (unpaired) electrons. The second-order valence-electron chi connectivity index (χ2n) is 5.56. The number of halogens is 1. The van der Waals surface area contributed by atoms with E-state index in [0.717, 1.165) is 19.4 Å². The molecular weight excluding hydrogens is 378 g/mol. The molecule has 0 N–H and O–H groups in total. The third-order valence-electron chi connectivity index (χ3n) is 3.65. The van der Waals surface area contributed by atoms with Crippen molar-refractivity contribution in [2.75, 3.05) is 33.4 Å². The van der Waals surface area contributed by atoms with Crippen LogP contribution in [0.2, 0.25) is 0 Å². The number of nitrogens with zero attached hydrogens (tertiary/aromatic N) is 1. The van der Waals surface area contributed by atoms with Gasteiger partial charge >= 0.3 is 5.97 Å². The van der Waals surface area contributed by atoms with Gasteiger partial charge in [-0.25, -0.2) is 0 Å². The van der Waals surface area contributed by atoms with Gasteiger partial charge in [-0.3, -0.25) is 9.59 Å². The monoisotopic (exact) mass is 399 g/mol. The van der Waals surface area contributed by atoms with E-state index in [4.69, 9.17) is 14.2 Å². The molecule has 0 aromatic heterocycles. The third-order valence-corrected chi connectivity index (χ3v) is 4.27. The number of carbonyl (C=O) groups is 2. The first-order valence-electron chi connectivity index (χ1n) is 7.96. The maximum atomic E-state index is 12.4. The first kappa shape index (κ1) is 18.7. The highest BCUT2D eigenvalue weighted by molar-refractivity contribution is 9.10. The summed E-state index contributed by atoms with van der Waals surface area (Å²) in [6.45, 7) is 3.22. The molecule has 0 saturated carbocycles. The van der Waals surface area contributed by atoms with E-state index in [2.05, 4.69) is 15.9 Å². The van der Waals surface area contributed by atoms with E-state index in [9.17, 15) is 9.59 Å². The molecule has 7 heteroatoms.